The second-order valence-electron chi connectivity index (χ2n) is 7.87. The Morgan fingerprint density at radius 2 is 1.91 bits per heavy atom. The number of nitrogens with zero attached hydrogens (tertiary/aromatic N) is 3. The van der Waals surface area contributed by atoms with Crippen LogP contribution in [0.1, 0.15) is 18.4 Å². The number of H-pyrrole nitrogens is 1. The molecule has 1 N–H and O–H groups in total. The fraction of sp³-hybridized carbons (Fsp3) is 0.304. The van der Waals surface area contributed by atoms with Crippen molar-refractivity contribution in [2.45, 2.75) is 19.4 Å². The fourth-order valence-electron chi connectivity index (χ4n) is 2.96. The average Bonchev–Trinajstić information content (AvgIpc) is 3.61. The highest BCUT2D eigenvalue weighted by Gasteiger charge is 2.22. The molecule has 0 unspecified atom stereocenters. The molecule has 0 spiro atoms. The van der Waals surface area contributed by atoms with Crippen LogP contribution in [0.2, 0.25) is 5.02 Å². The molecule has 1 aliphatic rings. The zero-order valence-electron chi connectivity index (χ0n) is 17.8. The Balaban J connectivity index is 1.57. The van der Waals surface area contributed by atoms with Crippen molar-refractivity contribution in [2.75, 3.05) is 20.7 Å². The maximum absolute atomic E-state index is 12.2. The van der Waals surface area contributed by atoms with Gasteiger partial charge in [0.2, 0.25) is 0 Å². The minimum atomic E-state index is -0.542. The third kappa shape index (κ3) is 5.45. The summed E-state index contributed by atoms with van der Waals surface area (Å²) >= 11 is 6.37. The lowest BCUT2D eigenvalue weighted by molar-refractivity contribution is 0.112. The SMILES string of the molecule is CN(C)C(=O)OCc1ccc(Cl)c(-c2nc(-c3ccc(OCC4CC4)cc3)nc(=O)[nH]2)c1. The number of benzene rings is 2. The summed E-state index contributed by atoms with van der Waals surface area (Å²) in [5, 5.41) is 0.400. The molecule has 1 amide bonds. The van der Waals surface area contributed by atoms with Gasteiger partial charge in [-0.25, -0.2) is 14.6 Å². The average molecular weight is 455 g/mol. The molecule has 9 heteroatoms. The van der Waals surface area contributed by atoms with E-state index in [1.165, 1.54) is 17.7 Å². The summed E-state index contributed by atoms with van der Waals surface area (Å²) < 4.78 is 11.0. The molecule has 32 heavy (non-hydrogen) atoms. The number of hydrogen-bond donors (Lipinski definition) is 1. The summed E-state index contributed by atoms with van der Waals surface area (Å²) in [4.78, 5) is 36.4. The Labute approximate surface area is 190 Å². The molecule has 8 nitrogen and oxygen atoms in total. The van der Waals surface area contributed by atoms with Crippen molar-refractivity contribution in [2.24, 2.45) is 5.92 Å². The lowest BCUT2D eigenvalue weighted by atomic mass is 10.1. The van der Waals surface area contributed by atoms with Gasteiger partial charge in [-0.3, -0.25) is 4.98 Å². The zero-order chi connectivity index (χ0) is 22.7. The van der Waals surface area contributed by atoms with E-state index in [-0.39, 0.29) is 18.3 Å². The van der Waals surface area contributed by atoms with Crippen molar-refractivity contribution in [3.05, 3.63) is 63.5 Å². The van der Waals surface area contributed by atoms with Crippen molar-refractivity contribution in [1.29, 1.82) is 0 Å². The molecule has 0 aliphatic heterocycles. The van der Waals surface area contributed by atoms with E-state index in [9.17, 15) is 9.59 Å². The molecule has 0 atom stereocenters. The van der Waals surface area contributed by atoms with E-state index in [1.807, 2.05) is 24.3 Å². The quantitative estimate of drug-likeness (QED) is 0.576. The third-order valence-electron chi connectivity index (χ3n) is 4.96. The van der Waals surface area contributed by atoms with Crippen LogP contribution < -0.4 is 10.4 Å². The van der Waals surface area contributed by atoms with Gasteiger partial charge < -0.3 is 14.4 Å². The van der Waals surface area contributed by atoms with Crippen molar-refractivity contribution in [3.63, 3.8) is 0 Å². The predicted octanol–water partition coefficient (Wildman–Crippen LogP) is 4.14. The van der Waals surface area contributed by atoms with Gasteiger partial charge >= 0.3 is 11.8 Å². The summed E-state index contributed by atoms with van der Waals surface area (Å²) in [7, 11) is 3.21. The summed E-state index contributed by atoms with van der Waals surface area (Å²) in [6.07, 6.45) is 2.00. The second-order valence-corrected chi connectivity index (χ2v) is 8.28. The van der Waals surface area contributed by atoms with E-state index in [2.05, 4.69) is 15.0 Å². The fourth-order valence-corrected chi connectivity index (χ4v) is 3.16. The highest BCUT2D eigenvalue weighted by Crippen LogP contribution is 2.30. The van der Waals surface area contributed by atoms with Crippen LogP contribution in [-0.2, 0) is 11.3 Å². The van der Waals surface area contributed by atoms with E-state index in [4.69, 9.17) is 21.1 Å². The lowest BCUT2D eigenvalue weighted by Gasteiger charge is -2.12. The zero-order valence-corrected chi connectivity index (χ0v) is 18.6. The molecule has 4 rings (SSSR count). The van der Waals surface area contributed by atoms with Crippen LogP contribution in [0.15, 0.2) is 47.3 Å². The molecule has 1 fully saturated rings. The van der Waals surface area contributed by atoms with E-state index in [0.717, 1.165) is 12.4 Å². The molecule has 0 radical (unpaired) electrons. The topological polar surface area (TPSA) is 97.4 Å². The van der Waals surface area contributed by atoms with Gasteiger partial charge in [0.1, 0.15) is 18.2 Å². The molecule has 166 valence electrons. The Morgan fingerprint density at radius 1 is 1.16 bits per heavy atom. The first-order valence-corrected chi connectivity index (χ1v) is 10.6. The predicted molar refractivity (Wildman–Crippen MR) is 121 cm³/mol. The van der Waals surface area contributed by atoms with Gasteiger partial charge in [0, 0.05) is 25.2 Å². The van der Waals surface area contributed by atoms with Gasteiger partial charge in [-0.05, 0) is 60.7 Å². The number of nitrogens with one attached hydrogen (secondary N) is 1. The van der Waals surface area contributed by atoms with Crippen LogP contribution in [0, 0.1) is 5.92 Å². The number of halogens is 1. The summed E-state index contributed by atoms with van der Waals surface area (Å²) in [5.41, 5.74) is 1.36. The molecule has 1 aromatic heterocycles. The first-order valence-electron chi connectivity index (χ1n) is 10.2. The largest absolute Gasteiger partial charge is 0.493 e. The number of rotatable bonds is 7. The normalized spacial score (nSPS) is 13.0. The third-order valence-corrected chi connectivity index (χ3v) is 5.29. The maximum atomic E-state index is 12.2. The second kappa shape index (κ2) is 9.40. The Morgan fingerprint density at radius 3 is 2.59 bits per heavy atom. The molecular weight excluding hydrogens is 432 g/mol. The summed E-state index contributed by atoms with van der Waals surface area (Å²) in [6.45, 7) is 0.787. The van der Waals surface area contributed by atoms with Crippen LogP contribution in [-0.4, -0.2) is 46.6 Å². The number of ether oxygens (including phenoxy) is 2. The van der Waals surface area contributed by atoms with Gasteiger partial charge in [-0.1, -0.05) is 17.7 Å². The molecule has 2 aromatic carbocycles. The highest BCUT2D eigenvalue weighted by atomic mass is 35.5. The molecule has 1 saturated carbocycles. The Bertz CT molecular complexity index is 1170. The van der Waals surface area contributed by atoms with E-state index < -0.39 is 11.8 Å². The lowest BCUT2D eigenvalue weighted by Crippen LogP contribution is -2.22. The van der Waals surface area contributed by atoms with Crippen molar-refractivity contribution >= 4 is 17.7 Å². The van der Waals surface area contributed by atoms with Gasteiger partial charge in [0.15, 0.2) is 5.82 Å². The Kier molecular flexibility index (Phi) is 6.41. The maximum Gasteiger partial charge on any atom is 0.409 e. The van der Waals surface area contributed by atoms with Crippen LogP contribution >= 0.6 is 11.6 Å². The Hall–Kier alpha value is -3.39. The van der Waals surface area contributed by atoms with Gasteiger partial charge in [0.25, 0.3) is 0 Å². The minimum absolute atomic E-state index is 0.0612. The number of hydrogen-bond acceptors (Lipinski definition) is 6. The first-order chi connectivity index (χ1) is 15.4. The van der Waals surface area contributed by atoms with Crippen LogP contribution in [0.4, 0.5) is 4.79 Å². The number of amides is 1. The smallest absolute Gasteiger partial charge is 0.409 e. The summed E-state index contributed by atoms with van der Waals surface area (Å²) in [5.74, 6) is 1.99. The number of carbonyl (C=O) groups is 1. The number of aromatic amines is 1. The highest BCUT2D eigenvalue weighted by molar-refractivity contribution is 6.33. The van der Waals surface area contributed by atoms with Crippen LogP contribution in [0.5, 0.6) is 5.75 Å². The minimum Gasteiger partial charge on any atom is -0.493 e. The number of aromatic nitrogens is 3. The standard InChI is InChI=1S/C23H23ClN4O4/c1-28(2)23(30)32-13-15-5-10-19(24)18(11-15)21-25-20(26-22(29)27-21)16-6-8-17(9-7-16)31-12-14-3-4-14/h5-11,14H,3-4,12-13H2,1-2H3,(H,25,26,27,29). The van der Waals surface area contributed by atoms with E-state index >= 15 is 0 Å². The monoisotopic (exact) mass is 454 g/mol. The van der Waals surface area contributed by atoms with Gasteiger partial charge in [-0.2, -0.15) is 4.98 Å². The molecule has 1 aliphatic carbocycles. The van der Waals surface area contributed by atoms with Crippen molar-refractivity contribution < 1.29 is 14.3 Å². The van der Waals surface area contributed by atoms with E-state index in [1.54, 1.807) is 32.3 Å². The van der Waals surface area contributed by atoms with Gasteiger partial charge in [0.05, 0.1) is 11.6 Å². The van der Waals surface area contributed by atoms with Crippen LogP contribution in [0.25, 0.3) is 22.8 Å². The molecule has 3 aromatic rings. The molecule has 0 saturated heterocycles. The van der Waals surface area contributed by atoms with Crippen molar-refractivity contribution in [1.82, 2.24) is 19.9 Å². The molecule has 0 bridgehead atoms. The van der Waals surface area contributed by atoms with Crippen molar-refractivity contribution in [3.8, 4) is 28.5 Å². The molecular formula is C23H23ClN4O4. The van der Waals surface area contributed by atoms with E-state index in [0.29, 0.717) is 27.6 Å². The first kappa shape index (κ1) is 21.8. The summed E-state index contributed by atoms with van der Waals surface area (Å²) in [6, 6.07) is 12.5. The van der Waals surface area contributed by atoms with Gasteiger partial charge in [-0.15, -0.1) is 0 Å². The number of carbonyl (C=O) groups excluding carboxylic acids is 1. The molecule has 1 heterocycles. The van der Waals surface area contributed by atoms with Crippen LogP contribution in [0.3, 0.4) is 0 Å².